The summed E-state index contributed by atoms with van der Waals surface area (Å²) >= 11 is 1.58. The van der Waals surface area contributed by atoms with Crippen molar-refractivity contribution in [3.05, 3.63) is 52.8 Å². The Kier molecular flexibility index (Phi) is 3.28. The molecule has 0 saturated heterocycles. The van der Waals surface area contributed by atoms with Crippen LogP contribution in [0.25, 0.3) is 4.96 Å². The van der Waals surface area contributed by atoms with Gasteiger partial charge in [0.1, 0.15) is 5.69 Å². The van der Waals surface area contributed by atoms with E-state index < -0.39 is 0 Å². The molecule has 0 spiro atoms. The summed E-state index contributed by atoms with van der Waals surface area (Å²) in [6, 6.07) is 7.83. The average Bonchev–Trinajstić information content (AvgIpc) is 2.96. The maximum Gasteiger partial charge on any atom is 0.275 e. The summed E-state index contributed by atoms with van der Waals surface area (Å²) in [5.74, 6) is -0.167. The highest BCUT2D eigenvalue weighted by atomic mass is 32.1. The molecule has 3 rings (SSSR count). The van der Waals surface area contributed by atoms with Gasteiger partial charge in [0.25, 0.3) is 5.91 Å². The molecule has 0 aliphatic rings. The Bertz CT molecular complexity index is 741. The highest BCUT2D eigenvalue weighted by molar-refractivity contribution is 7.17. The van der Waals surface area contributed by atoms with Crippen LogP contribution in [0, 0.1) is 6.92 Å². The van der Waals surface area contributed by atoms with E-state index in [0.717, 1.165) is 22.6 Å². The minimum absolute atomic E-state index is 0.167. The van der Waals surface area contributed by atoms with Gasteiger partial charge < -0.3 is 5.32 Å². The van der Waals surface area contributed by atoms with Crippen molar-refractivity contribution < 1.29 is 4.79 Å². The number of aryl methyl sites for hydroxylation is 2. The Morgan fingerprint density at radius 3 is 2.90 bits per heavy atom. The fourth-order valence-electron chi connectivity index (χ4n) is 2.16. The van der Waals surface area contributed by atoms with Gasteiger partial charge in [-0.2, -0.15) is 0 Å². The lowest BCUT2D eigenvalue weighted by Crippen LogP contribution is -2.13. The zero-order valence-electron chi connectivity index (χ0n) is 11.4. The summed E-state index contributed by atoms with van der Waals surface area (Å²) in [4.78, 5) is 18.6. The van der Waals surface area contributed by atoms with E-state index in [0.29, 0.717) is 5.69 Å². The third kappa shape index (κ3) is 2.32. The fourth-order valence-corrected chi connectivity index (χ4v) is 2.97. The van der Waals surface area contributed by atoms with E-state index >= 15 is 0 Å². The van der Waals surface area contributed by atoms with Crippen LogP contribution in [0.1, 0.15) is 27.9 Å². The number of carbonyl (C=O) groups is 1. The van der Waals surface area contributed by atoms with Gasteiger partial charge in [-0.05, 0) is 25.0 Å². The lowest BCUT2D eigenvalue weighted by Gasteiger charge is -2.07. The smallest absolute Gasteiger partial charge is 0.275 e. The molecule has 1 N–H and O–H groups in total. The van der Waals surface area contributed by atoms with E-state index in [1.165, 1.54) is 4.88 Å². The predicted molar refractivity (Wildman–Crippen MR) is 81.6 cm³/mol. The molecule has 0 radical (unpaired) electrons. The summed E-state index contributed by atoms with van der Waals surface area (Å²) in [5.41, 5.74) is 2.42. The lowest BCUT2D eigenvalue weighted by molar-refractivity contribution is 0.102. The van der Waals surface area contributed by atoms with Gasteiger partial charge in [-0.3, -0.25) is 9.20 Å². The van der Waals surface area contributed by atoms with E-state index in [1.54, 1.807) is 17.5 Å². The zero-order valence-corrected chi connectivity index (χ0v) is 12.2. The summed E-state index contributed by atoms with van der Waals surface area (Å²) in [6.45, 7) is 4.09. The van der Waals surface area contributed by atoms with Crippen LogP contribution < -0.4 is 5.32 Å². The van der Waals surface area contributed by atoms with Gasteiger partial charge in [-0.1, -0.05) is 25.1 Å². The van der Waals surface area contributed by atoms with E-state index in [4.69, 9.17) is 0 Å². The summed E-state index contributed by atoms with van der Waals surface area (Å²) in [6.07, 6.45) is 4.63. The number of amides is 1. The molecule has 2 aromatic heterocycles. The van der Waals surface area contributed by atoms with Crippen LogP contribution in [-0.4, -0.2) is 15.3 Å². The molecule has 3 aromatic rings. The van der Waals surface area contributed by atoms with Crippen LogP contribution in [0.3, 0.4) is 0 Å². The van der Waals surface area contributed by atoms with Gasteiger partial charge in [-0.25, -0.2) is 4.98 Å². The molecule has 0 atom stereocenters. The molecule has 1 amide bonds. The topological polar surface area (TPSA) is 46.4 Å². The number of carbonyl (C=O) groups excluding carboxylic acids is 1. The quantitative estimate of drug-likeness (QED) is 0.800. The van der Waals surface area contributed by atoms with Gasteiger partial charge in [0.2, 0.25) is 0 Å². The minimum atomic E-state index is -0.167. The highest BCUT2D eigenvalue weighted by Crippen LogP contribution is 2.19. The number of nitrogens with one attached hydrogen (secondary N) is 1. The third-order valence-electron chi connectivity index (χ3n) is 3.15. The Morgan fingerprint density at radius 1 is 1.35 bits per heavy atom. The number of hydrogen-bond donors (Lipinski definition) is 1. The predicted octanol–water partition coefficient (Wildman–Crippen LogP) is 3.52. The normalized spacial score (nSPS) is 10.9. The Labute approximate surface area is 121 Å². The first-order chi connectivity index (χ1) is 9.67. The van der Waals surface area contributed by atoms with E-state index in [1.807, 2.05) is 41.8 Å². The van der Waals surface area contributed by atoms with Crippen molar-refractivity contribution in [3.8, 4) is 0 Å². The van der Waals surface area contributed by atoms with Gasteiger partial charge in [0.15, 0.2) is 4.96 Å². The fraction of sp³-hybridized carbons (Fsp3) is 0.200. The Hall–Kier alpha value is -2.14. The van der Waals surface area contributed by atoms with Crippen LogP contribution in [0.4, 0.5) is 5.69 Å². The van der Waals surface area contributed by atoms with E-state index in [9.17, 15) is 4.79 Å². The standard InChI is InChI=1S/C15H15N3OS/c1-3-11-6-4-5-7-12(11)16-14(19)13-9-18-8-10(2)20-15(18)17-13/h4-9H,3H2,1-2H3,(H,16,19). The number of benzene rings is 1. The molecule has 1 aromatic carbocycles. The number of nitrogens with zero attached hydrogens (tertiary/aromatic N) is 2. The van der Waals surface area contributed by atoms with Crippen molar-refractivity contribution in [2.24, 2.45) is 0 Å². The third-order valence-corrected chi connectivity index (χ3v) is 4.06. The van der Waals surface area contributed by atoms with Crippen molar-refractivity contribution in [3.63, 3.8) is 0 Å². The number of rotatable bonds is 3. The number of thiazole rings is 1. The average molecular weight is 285 g/mol. The maximum absolute atomic E-state index is 12.3. The Balaban J connectivity index is 1.86. The largest absolute Gasteiger partial charge is 0.320 e. The van der Waals surface area contributed by atoms with E-state index in [2.05, 4.69) is 17.2 Å². The summed E-state index contributed by atoms with van der Waals surface area (Å²) in [7, 11) is 0. The minimum Gasteiger partial charge on any atom is -0.320 e. The van der Waals surface area contributed by atoms with Crippen LogP contribution in [0.5, 0.6) is 0 Å². The van der Waals surface area contributed by atoms with Gasteiger partial charge in [-0.15, -0.1) is 11.3 Å². The van der Waals surface area contributed by atoms with Crippen molar-refractivity contribution in [2.75, 3.05) is 5.32 Å². The molecule has 0 bridgehead atoms. The maximum atomic E-state index is 12.3. The van der Waals surface area contributed by atoms with Gasteiger partial charge in [0.05, 0.1) is 0 Å². The van der Waals surface area contributed by atoms with Crippen LogP contribution >= 0.6 is 11.3 Å². The number of aromatic nitrogens is 2. The number of imidazole rings is 1. The summed E-state index contributed by atoms with van der Waals surface area (Å²) < 4.78 is 1.89. The number of anilines is 1. The first-order valence-electron chi connectivity index (χ1n) is 6.51. The summed E-state index contributed by atoms with van der Waals surface area (Å²) in [5, 5.41) is 2.93. The van der Waals surface area contributed by atoms with Gasteiger partial charge >= 0.3 is 0 Å². The molecule has 0 saturated carbocycles. The first kappa shape index (κ1) is 12.9. The van der Waals surface area contributed by atoms with Crippen LogP contribution in [0.15, 0.2) is 36.7 Å². The van der Waals surface area contributed by atoms with Crippen LogP contribution in [0.2, 0.25) is 0 Å². The van der Waals surface area contributed by atoms with E-state index in [-0.39, 0.29) is 5.91 Å². The van der Waals surface area contributed by atoms with Crippen LogP contribution in [-0.2, 0) is 6.42 Å². The highest BCUT2D eigenvalue weighted by Gasteiger charge is 2.13. The SMILES string of the molecule is CCc1ccccc1NC(=O)c1cn2cc(C)sc2n1. The monoisotopic (exact) mass is 285 g/mol. The number of para-hydroxylation sites is 1. The number of hydrogen-bond acceptors (Lipinski definition) is 3. The molecule has 0 aliphatic carbocycles. The molecule has 4 nitrogen and oxygen atoms in total. The molecule has 0 unspecified atom stereocenters. The Morgan fingerprint density at radius 2 is 2.15 bits per heavy atom. The number of fused-ring (bicyclic) bond motifs is 1. The first-order valence-corrected chi connectivity index (χ1v) is 7.33. The second-order valence-electron chi connectivity index (χ2n) is 4.62. The molecular formula is C15H15N3OS. The molecule has 0 fully saturated rings. The van der Waals surface area contributed by atoms with Gasteiger partial charge in [0, 0.05) is 23.0 Å². The van der Waals surface area contributed by atoms with Crippen molar-refractivity contribution in [1.29, 1.82) is 0 Å². The second-order valence-corrected chi connectivity index (χ2v) is 5.84. The molecule has 5 heteroatoms. The molecule has 20 heavy (non-hydrogen) atoms. The molecule has 2 heterocycles. The van der Waals surface area contributed by atoms with Crippen molar-refractivity contribution >= 4 is 27.9 Å². The van der Waals surface area contributed by atoms with Crippen molar-refractivity contribution in [1.82, 2.24) is 9.38 Å². The lowest BCUT2D eigenvalue weighted by atomic mass is 10.1. The van der Waals surface area contributed by atoms with Crippen molar-refractivity contribution in [2.45, 2.75) is 20.3 Å². The molecular weight excluding hydrogens is 270 g/mol. The molecule has 0 aliphatic heterocycles. The second kappa shape index (κ2) is 5.09. The molecule has 102 valence electrons. The zero-order chi connectivity index (χ0) is 14.1.